The van der Waals surface area contributed by atoms with Gasteiger partial charge in [-0.3, -0.25) is 4.79 Å². The van der Waals surface area contributed by atoms with Crippen molar-refractivity contribution in [2.75, 3.05) is 26.4 Å². The summed E-state index contributed by atoms with van der Waals surface area (Å²) in [6.45, 7) is 1.88. The molecule has 0 aromatic heterocycles. The Morgan fingerprint density at radius 2 is 0.588 bits per heavy atom. The lowest BCUT2D eigenvalue weighted by atomic mass is 9.96. The van der Waals surface area contributed by atoms with E-state index in [0.717, 1.165) is 44.9 Å². The van der Waals surface area contributed by atoms with Gasteiger partial charge in [0.2, 0.25) is 5.91 Å². The summed E-state index contributed by atoms with van der Waals surface area (Å²) < 4.78 is 34.5. The van der Waals surface area contributed by atoms with Gasteiger partial charge in [-0.05, 0) is 12.8 Å². The third-order valence-corrected chi connectivity index (χ3v) is 20.9. The molecule has 19 nitrogen and oxygen atoms in total. The van der Waals surface area contributed by atoms with Crippen molar-refractivity contribution >= 4 is 5.91 Å². The Labute approximate surface area is 589 Å². The number of ether oxygens (including phenoxy) is 6. The quantitative estimate of drug-likeness (QED) is 0.0252. The smallest absolute Gasteiger partial charge is 0.220 e. The molecule has 0 bridgehead atoms. The molecule has 3 aliphatic heterocycles. The van der Waals surface area contributed by atoms with E-state index >= 15 is 0 Å². The van der Waals surface area contributed by atoms with E-state index in [-0.39, 0.29) is 18.9 Å². The molecule has 17 unspecified atom stereocenters. The predicted molar refractivity (Wildman–Crippen MR) is 384 cm³/mol. The topological polar surface area (TPSA) is 307 Å². The summed E-state index contributed by atoms with van der Waals surface area (Å²) in [5.41, 5.74) is 0. The van der Waals surface area contributed by atoms with Crippen molar-refractivity contribution in [3.05, 3.63) is 0 Å². The molecule has 97 heavy (non-hydrogen) atoms. The van der Waals surface area contributed by atoms with Gasteiger partial charge in [-0.25, -0.2) is 0 Å². The maximum absolute atomic E-state index is 13.5. The minimum absolute atomic E-state index is 0.232. The standard InChI is InChI=1S/C78H151NO18/c1-3-5-7-9-11-13-15-17-19-21-23-25-27-29-30-32-33-35-37-39-41-43-45-47-49-51-53-55-62(83)61(79-66(84)56-54-52-50-48-46-44-42-40-38-36-34-31-28-26-24-22-20-18-16-14-12-10-8-6-4-2)60-92-76-72(90)69(87)74(64(58-81)94-76)97-78-73(91)70(88)75(65(59-82)95-78)96-77-71(89)68(86)67(85)63(57-80)93-77/h61-65,67-78,80-83,85-91H,3-60H2,1-2H3,(H,79,84). The minimum Gasteiger partial charge on any atom is -0.394 e. The van der Waals surface area contributed by atoms with Gasteiger partial charge in [0.25, 0.3) is 0 Å². The van der Waals surface area contributed by atoms with Crippen LogP contribution in [0.5, 0.6) is 0 Å². The molecular formula is C78H151NO18. The number of amides is 1. The second-order valence-electron chi connectivity index (χ2n) is 29.6. The average Bonchev–Trinajstić information content (AvgIpc) is 0.789. The molecule has 0 aromatic carbocycles. The number of aliphatic hydroxyl groups excluding tert-OH is 11. The number of hydrogen-bond donors (Lipinski definition) is 12. The van der Waals surface area contributed by atoms with E-state index < -0.39 is 124 Å². The molecule has 17 atom stereocenters. The van der Waals surface area contributed by atoms with Crippen LogP contribution in [0.4, 0.5) is 0 Å². The van der Waals surface area contributed by atoms with Crippen LogP contribution in [-0.2, 0) is 33.2 Å². The summed E-state index contributed by atoms with van der Waals surface area (Å²) in [5.74, 6) is -0.232. The molecule has 3 aliphatic rings. The molecule has 3 saturated heterocycles. The summed E-state index contributed by atoms with van der Waals surface area (Å²) in [6.07, 6.45) is 41.9. The zero-order chi connectivity index (χ0) is 70.4. The Hall–Kier alpha value is -1.21. The number of nitrogens with one attached hydrogen (secondary N) is 1. The van der Waals surface area contributed by atoms with E-state index in [0.29, 0.717) is 12.8 Å². The van der Waals surface area contributed by atoms with E-state index in [2.05, 4.69) is 19.2 Å². The third-order valence-electron chi connectivity index (χ3n) is 20.9. The minimum atomic E-state index is -1.97. The lowest BCUT2D eigenvalue weighted by Crippen LogP contribution is -2.66. The number of aliphatic hydroxyl groups is 11. The number of carbonyl (C=O) groups is 1. The zero-order valence-corrected chi connectivity index (χ0v) is 61.6. The molecule has 0 radical (unpaired) electrons. The first-order chi connectivity index (χ1) is 47.3. The molecule has 0 aliphatic carbocycles. The van der Waals surface area contributed by atoms with Crippen LogP contribution in [0.1, 0.15) is 361 Å². The number of unbranched alkanes of at least 4 members (excludes halogenated alkanes) is 50. The van der Waals surface area contributed by atoms with Gasteiger partial charge in [0, 0.05) is 6.42 Å². The van der Waals surface area contributed by atoms with Crippen LogP contribution in [0.2, 0.25) is 0 Å². The highest BCUT2D eigenvalue weighted by Gasteiger charge is 2.54. The lowest BCUT2D eigenvalue weighted by molar-refractivity contribution is -0.379. The molecule has 0 saturated carbocycles. The summed E-state index contributed by atoms with van der Waals surface area (Å²) in [7, 11) is 0. The molecule has 1 amide bonds. The van der Waals surface area contributed by atoms with Gasteiger partial charge in [0.15, 0.2) is 18.9 Å². The molecule has 19 heteroatoms. The van der Waals surface area contributed by atoms with Crippen molar-refractivity contribution < 1.29 is 89.4 Å². The molecule has 3 heterocycles. The summed E-state index contributed by atoms with van der Waals surface area (Å²) in [6, 6.07) is -0.883. The molecule has 576 valence electrons. The summed E-state index contributed by atoms with van der Waals surface area (Å²) in [4.78, 5) is 13.5. The maximum Gasteiger partial charge on any atom is 0.220 e. The van der Waals surface area contributed by atoms with Crippen molar-refractivity contribution in [1.82, 2.24) is 5.32 Å². The van der Waals surface area contributed by atoms with Crippen molar-refractivity contribution in [3.8, 4) is 0 Å². The van der Waals surface area contributed by atoms with Crippen LogP contribution in [0.3, 0.4) is 0 Å². The molecule has 0 aromatic rings. The Bertz CT molecular complexity index is 1760. The van der Waals surface area contributed by atoms with E-state index in [1.165, 1.54) is 283 Å². The molecule has 12 N–H and O–H groups in total. The fraction of sp³-hybridized carbons (Fsp3) is 0.987. The summed E-state index contributed by atoms with van der Waals surface area (Å²) >= 11 is 0. The van der Waals surface area contributed by atoms with Gasteiger partial charge in [-0.15, -0.1) is 0 Å². The molecule has 0 spiro atoms. The van der Waals surface area contributed by atoms with Gasteiger partial charge in [-0.2, -0.15) is 0 Å². The Balaban J connectivity index is 1.37. The highest BCUT2D eigenvalue weighted by atomic mass is 16.8. The van der Waals surface area contributed by atoms with E-state index in [1.807, 2.05) is 0 Å². The van der Waals surface area contributed by atoms with Crippen LogP contribution in [0, 0.1) is 0 Å². The van der Waals surface area contributed by atoms with Crippen LogP contribution < -0.4 is 5.32 Å². The maximum atomic E-state index is 13.5. The van der Waals surface area contributed by atoms with Crippen LogP contribution in [0.25, 0.3) is 0 Å². The first kappa shape index (κ1) is 90.0. The normalized spacial score (nSPS) is 26.8. The fourth-order valence-electron chi connectivity index (χ4n) is 14.4. The van der Waals surface area contributed by atoms with E-state index in [4.69, 9.17) is 28.4 Å². The molecular weight excluding hydrogens is 1240 g/mol. The number of rotatable bonds is 66. The average molecular weight is 1390 g/mol. The lowest BCUT2D eigenvalue weighted by Gasteiger charge is -2.48. The van der Waals surface area contributed by atoms with E-state index in [1.54, 1.807) is 0 Å². The van der Waals surface area contributed by atoms with E-state index in [9.17, 15) is 61.0 Å². The SMILES string of the molecule is CCCCCCCCCCCCCCCCCCCCCCCCCCCCCC(O)C(COC1OC(CO)C(OC2OC(CO)C(OC3OC(CO)C(O)C(O)C3O)C(O)C2O)C(O)C1O)NC(=O)CCCCCCCCCCCCCCCCCCCCCCCCCCC. The molecule has 3 fully saturated rings. The zero-order valence-electron chi connectivity index (χ0n) is 61.6. The van der Waals surface area contributed by atoms with Crippen molar-refractivity contribution in [2.45, 2.75) is 465 Å². The Morgan fingerprint density at radius 3 is 0.897 bits per heavy atom. The van der Waals surface area contributed by atoms with Crippen LogP contribution in [-0.4, -0.2) is 193 Å². The summed E-state index contributed by atoms with van der Waals surface area (Å²) in [5, 5.41) is 121. The van der Waals surface area contributed by atoms with Gasteiger partial charge >= 0.3 is 0 Å². The Kier molecular flexibility index (Phi) is 55.8. The van der Waals surface area contributed by atoms with Gasteiger partial charge in [-0.1, -0.05) is 341 Å². The number of carbonyl (C=O) groups excluding carboxylic acids is 1. The first-order valence-corrected chi connectivity index (χ1v) is 40.8. The molecule has 3 rings (SSSR count). The first-order valence-electron chi connectivity index (χ1n) is 40.8. The monoisotopic (exact) mass is 1390 g/mol. The van der Waals surface area contributed by atoms with Crippen molar-refractivity contribution in [1.29, 1.82) is 0 Å². The third kappa shape index (κ3) is 40.6. The fourth-order valence-corrected chi connectivity index (χ4v) is 14.4. The van der Waals surface area contributed by atoms with Crippen molar-refractivity contribution in [2.24, 2.45) is 0 Å². The van der Waals surface area contributed by atoms with Crippen LogP contribution >= 0.6 is 0 Å². The van der Waals surface area contributed by atoms with Gasteiger partial charge in [0.05, 0.1) is 38.6 Å². The van der Waals surface area contributed by atoms with Gasteiger partial charge < -0.3 is 89.9 Å². The van der Waals surface area contributed by atoms with Crippen molar-refractivity contribution in [3.63, 3.8) is 0 Å². The highest BCUT2D eigenvalue weighted by molar-refractivity contribution is 5.76. The van der Waals surface area contributed by atoms with Gasteiger partial charge in [0.1, 0.15) is 73.2 Å². The Morgan fingerprint density at radius 1 is 0.330 bits per heavy atom. The second-order valence-corrected chi connectivity index (χ2v) is 29.6. The highest BCUT2D eigenvalue weighted by Crippen LogP contribution is 2.33. The second kappa shape index (κ2) is 60.1. The number of hydrogen-bond acceptors (Lipinski definition) is 18. The largest absolute Gasteiger partial charge is 0.394 e. The van der Waals surface area contributed by atoms with Crippen LogP contribution in [0.15, 0.2) is 0 Å². The predicted octanol–water partition coefficient (Wildman–Crippen LogP) is 13.4.